The Labute approximate surface area is 84.2 Å². The number of anilines is 2. The molecule has 1 heterocycles. The third-order valence-electron chi connectivity index (χ3n) is 1.97. The van der Waals surface area contributed by atoms with E-state index in [2.05, 4.69) is 10.3 Å². The van der Waals surface area contributed by atoms with E-state index in [-0.39, 0.29) is 6.10 Å². The minimum Gasteiger partial charge on any atom is -0.396 e. The molecule has 1 atom stereocenters. The number of hydrogen-bond acceptors (Lipinski definition) is 4. The highest BCUT2D eigenvalue weighted by atomic mass is 16.3. The van der Waals surface area contributed by atoms with Gasteiger partial charge in [0.1, 0.15) is 5.82 Å². The van der Waals surface area contributed by atoms with Crippen molar-refractivity contribution in [1.82, 2.24) is 4.98 Å². The van der Waals surface area contributed by atoms with Crippen molar-refractivity contribution in [3.8, 4) is 0 Å². The molecule has 0 saturated heterocycles. The topological polar surface area (TPSA) is 71.2 Å². The molecule has 4 N–H and O–H groups in total. The minimum atomic E-state index is -0.332. The third-order valence-corrected chi connectivity index (χ3v) is 1.97. The van der Waals surface area contributed by atoms with E-state index in [4.69, 9.17) is 5.73 Å². The fourth-order valence-electron chi connectivity index (χ4n) is 1.22. The number of aliphatic hydroxyl groups is 1. The molecular formula is C10H17N3O. The summed E-state index contributed by atoms with van der Waals surface area (Å²) in [5.41, 5.74) is 6.28. The van der Waals surface area contributed by atoms with Crippen molar-refractivity contribution in [3.05, 3.63) is 18.3 Å². The SMILES string of the molecule is CCCC(O)CNc1ncccc1N. The van der Waals surface area contributed by atoms with Crippen LogP contribution in [0.3, 0.4) is 0 Å². The Morgan fingerprint density at radius 2 is 2.43 bits per heavy atom. The molecule has 4 nitrogen and oxygen atoms in total. The maximum atomic E-state index is 9.47. The van der Waals surface area contributed by atoms with Gasteiger partial charge in [0.25, 0.3) is 0 Å². The van der Waals surface area contributed by atoms with Crippen LogP contribution in [0.25, 0.3) is 0 Å². The Morgan fingerprint density at radius 1 is 1.64 bits per heavy atom. The van der Waals surface area contributed by atoms with Crippen molar-refractivity contribution in [2.24, 2.45) is 0 Å². The number of nitrogen functional groups attached to an aromatic ring is 1. The van der Waals surface area contributed by atoms with Gasteiger partial charge in [-0.15, -0.1) is 0 Å². The predicted octanol–water partition coefficient (Wildman–Crippen LogP) is 1.24. The molecule has 0 bridgehead atoms. The Kier molecular flexibility index (Phi) is 4.19. The summed E-state index contributed by atoms with van der Waals surface area (Å²) in [6, 6.07) is 3.56. The van der Waals surface area contributed by atoms with Crippen LogP contribution in [0, 0.1) is 0 Å². The molecule has 0 aliphatic carbocycles. The van der Waals surface area contributed by atoms with E-state index in [1.54, 1.807) is 18.3 Å². The highest BCUT2D eigenvalue weighted by molar-refractivity contribution is 5.60. The molecule has 0 aliphatic heterocycles. The smallest absolute Gasteiger partial charge is 0.149 e. The normalized spacial score (nSPS) is 12.4. The number of nitrogens with zero attached hydrogens (tertiary/aromatic N) is 1. The van der Waals surface area contributed by atoms with Gasteiger partial charge in [0.2, 0.25) is 0 Å². The van der Waals surface area contributed by atoms with Gasteiger partial charge in [-0.3, -0.25) is 0 Å². The summed E-state index contributed by atoms with van der Waals surface area (Å²) in [5, 5.41) is 12.5. The molecule has 0 saturated carbocycles. The zero-order valence-corrected chi connectivity index (χ0v) is 8.40. The molecule has 4 heteroatoms. The van der Waals surface area contributed by atoms with Crippen molar-refractivity contribution >= 4 is 11.5 Å². The zero-order valence-electron chi connectivity index (χ0n) is 8.40. The number of aliphatic hydroxyl groups excluding tert-OH is 1. The zero-order chi connectivity index (χ0) is 10.4. The lowest BCUT2D eigenvalue weighted by molar-refractivity contribution is 0.176. The molecule has 14 heavy (non-hydrogen) atoms. The number of aromatic nitrogens is 1. The average molecular weight is 195 g/mol. The van der Waals surface area contributed by atoms with E-state index in [9.17, 15) is 5.11 Å². The first-order valence-corrected chi connectivity index (χ1v) is 4.86. The Hall–Kier alpha value is -1.29. The lowest BCUT2D eigenvalue weighted by Crippen LogP contribution is -2.20. The second-order valence-corrected chi connectivity index (χ2v) is 3.26. The lowest BCUT2D eigenvalue weighted by Gasteiger charge is -2.12. The molecule has 1 unspecified atom stereocenters. The van der Waals surface area contributed by atoms with Gasteiger partial charge in [-0.05, 0) is 18.6 Å². The molecule has 0 aliphatic rings. The summed E-state index contributed by atoms with van der Waals surface area (Å²) >= 11 is 0. The van der Waals surface area contributed by atoms with Crippen LogP contribution in [0.15, 0.2) is 18.3 Å². The van der Waals surface area contributed by atoms with Gasteiger partial charge < -0.3 is 16.2 Å². The monoisotopic (exact) mass is 195 g/mol. The summed E-state index contributed by atoms with van der Waals surface area (Å²) in [6.07, 6.45) is 3.10. The van der Waals surface area contributed by atoms with E-state index in [1.165, 1.54) is 0 Å². The molecule has 1 aromatic rings. The quantitative estimate of drug-likeness (QED) is 0.661. The maximum Gasteiger partial charge on any atom is 0.149 e. The second kappa shape index (κ2) is 5.44. The van der Waals surface area contributed by atoms with Crippen LogP contribution in [-0.2, 0) is 0 Å². The third kappa shape index (κ3) is 3.22. The van der Waals surface area contributed by atoms with Crippen molar-refractivity contribution in [2.45, 2.75) is 25.9 Å². The van der Waals surface area contributed by atoms with Crippen LogP contribution >= 0.6 is 0 Å². The van der Waals surface area contributed by atoms with Gasteiger partial charge in [-0.1, -0.05) is 13.3 Å². The van der Waals surface area contributed by atoms with Gasteiger partial charge in [-0.25, -0.2) is 4.98 Å². The first kappa shape index (κ1) is 10.8. The van der Waals surface area contributed by atoms with Crippen LogP contribution in [0.4, 0.5) is 11.5 Å². The number of nitrogens with two attached hydrogens (primary N) is 1. The summed E-state index contributed by atoms with van der Waals surface area (Å²) < 4.78 is 0. The Balaban J connectivity index is 2.41. The van der Waals surface area contributed by atoms with Gasteiger partial charge >= 0.3 is 0 Å². The van der Waals surface area contributed by atoms with E-state index in [1.807, 2.05) is 6.92 Å². The van der Waals surface area contributed by atoms with Crippen molar-refractivity contribution in [1.29, 1.82) is 0 Å². The van der Waals surface area contributed by atoms with Crippen molar-refractivity contribution < 1.29 is 5.11 Å². The standard InChI is InChI=1S/C10H17N3O/c1-2-4-8(14)7-13-10-9(11)5-3-6-12-10/h3,5-6,8,14H,2,4,7,11H2,1H3,(H,12,13). The van der Waals surface area contributed by atoms with E-state index < -0.39 is 0 Å². The highest BCUT2D eigenvalue weighted by Gasteiger charge is 2.03. The molecule has 0 aromatic carbocycles. The van der Waals surface area contributed by atoms with Gasteiger partial charge in [0.15, 0.2) is 0 Å². The molecule has 0 amide bonds. The fourth-order valence-corrected chi connectivity index (χ4v) is 1.22. The molecule has 0 radical (unpaired) electrons. The predicted molar refractivity (Wildman–Crippen MR) is 58.1 cm³/mol. The largest absolute Gasteiger partial charge is 0.396 e. The first-order chi connectivity index (χ1) is 6.74. The number of pyridine rings is 1. The van der Waals surface area contributed by atoms with Crippen LogP contribution in [-0.4, -0.2) is 22.7 Å². The second-order valence-electron chi connectivity index (χ2n) is 3.26. The Morgan fingerprint density at radius 3 is 3.07 bits per heavy atom. The molecular weight excluding hydrogens is 178 g/mol. The Bertz CT molecular complexity index is 278. The lowest BCUT2D eigenvalue weighted by atomic mass is 10.2. The average Bonchev–Trinajstić information content (AvgIpc) is 2.17. The highest BCUT2D eigenvalue weighted by Crippen LogP contribution is 2.12. The fraction of sp³-hybridized carbons (Fsp3) is 0.500. The van der Waals surface area contributed by atoms with E-state index in [0.717, 1.165) is 12.8 Å². The number of rotatable bonds is 5. The van der Waals surface area contributed by atoms with Crippen LogP contribution < -0.4 is 11.1 Å². The molecule has 0 fully saturated rings. The van der Waals surface area contributed by atoms with E-state index in [0.29, 0.717) is 18.1 Å². The molecule has 1 aromatic heterocycles. The van der Waals surface area contributed by atoms with Gasteiger partial charge in [0, 0.05) is 12.7 Å². The van der Waals surface area contributed by atoms with Crippen LogP contribution in [0.5, 0.6) is 0 Å². The van der Waals surface area contributed by atoms with Gasteiger partial charge in [-0.2, -0.15) is 0 Å². The minimum absolute atomic E-state index is 0.332. The molecule has 78 valence electrons. The maximum absolute atomic E-state index is 9.47. The molecule has 1 rings (SSSR count). The summed E-state index contributed by atoms with van der Waals surface area (Å²) in [6.45, 7) is 2.54. The van der Waals surface area contributed by atoms with Crippen LogP contribution in [0.2, 0.25) is 0 Å². The first-order valence-electron chi connectivity index (χ1n) is 4.86. The summed E-state index contributed by atoms with van der Waals surface area (Å²) in [7, 11) is 0. The molecule has 0 spiro atoms. The summed E-state index contributed by atoms with van der Waals surface area (Å²) in [5.74, 6) is 0.641. The van der Waals surface area contributed by atoms with E-state index >= 15 is 0 Å². The van der Waals surface area contributed by atoms with Crippen LogP contribution in [0.1, 0.15) is 19.8 Å². The van der Waals surface area contributed by atoms with Crippen molar-refractivity contribution in [3.63, 3.8) is 0 Å². The van der Waals surface area contributed by atoms with Crippen molar-refractivity contribution in [2.75, 3.05) is 17.6 Å². The number of nitrogens with one attached hydrogen (secondary N) is 1. The van der Waals surface area contributed by atoms with Gasteiger partial charge in [0.05, 0.1) is 11.8 Å². The number of hydrogen-bond donors (Lipinski definition) is 3. The summed E-state index contributed by atoms with van der Waals surface area (Å²) in [4.78, 5) is 4.06.